The number of rotatable bonds is 3. The van der Waals surface area contributed by atoms with Gasteiger partial charge in [-0.05, 0) is 0 Å². The third-order valence-electron chi connectivity index (χ3n) is 2.42. The van der Waals surface area contributed by atoms with Gasteiger partial charge >= 0.3 is 10.2 Å². The van der Waals surface area contributed by atoms with Crippen LogP contribution in [-0.2, 0) is 10.2 Å². The first-order valence-electron chi connectivity index (χ1n) is 5.39. The summed E-state index contributed by atoms with van der Waals surface area (Å²) in [6.07, 6.45) is -2.91. The molecule has 100 valence electrons. The summed E-state index contributed by atoms with van der Waals surface area (Å²) in [5, 5.41) is 6.34. The lowest BCUT2D eigenvalue weighted by molar-refractivity contribution is 0.600. The fraction of sp³-hybridized carbons (Fsp3) is 0. The van der Waals surface area contributed by atoms with E-state index in [4.69, 9.17) is 16.4 Å². The van der Waals surface area contributed by atoms with E-state index in [2.05, 4.69) is 4.15 Å². The molecule has 7 heteroatoms. The highest BCUT2D eigenvalue weighted by atomic mass is 35.7. The SMILES string of the molecule is NS(=O)(=O)N=P(Cl)(c1ccccc1)c1ccccc1. The zero-order chi connectivity index (χ0) is 13.9. The smallest absolute Gasteiger partial charge is 0.210 e. The third kappa shape index (κ3) is 3.45. The monoisotopic (exact) mass is 314 g/mol. The van der Waals surface area contributed by atoms with Crippen molar-refractivity contribution < 1.29 is 8.42 Å². The number of halogens is 1. The van der Waals surface area contributed by atoms with Crippen LogP contribution < -0.4 is 15.7 Å². The summed E-state index contributed by atoms with van der Waals surface area (Å²) in [6, 6.07) is 17.8. The van der Waals surface area contributed by atoms with E-state index in [9.17, 15) is 8.42 Å². The van der Waals surface area contributed by atoms with Gasteiger partial charge in [0.05, 0.1) is 0 Å². The van der Waals surface area contributed by atoms with Gasteiger partial charge in [-0.3, -0.25) is 0 Å². The van der Waals surface area contributed by atoms with Crippen LogP contribution in [0.15, 0.2) is 64.8 Å². The van der Waals surface area contributed by atoms with E-state index in [0.29, 0.717) is 10.6 Å². The van der Waals surface area contributed by atoms with Crippen LogP contribution in [0.1, 0.15) is 0 Å². The van der Waals surface area contributed by atoms with Crippen molar-refractivity contribution in [2.24, 2.45) is 9.29 Å². The van der Waals surface area contributed by atoms with Crippen LogP contribution in [0.5, 0.6) is 0 Å². The number of nitrogens with zero attached hydrogens (tertiary/aromatic N) is 1. The molecule has 2 rings (SSSR count). The van der Waals surface area contributed by atoms with Gasteiger partial charge in [0.25, 0.3) is 0 Å². The van der Waals surface area contributed by atoms with Crippen LogP contribution in [-0.4, -0.2) is 8.42 Å². The van der Waals surface area contributed by atoms with Crippen LogP contribution in [0.2, 0.25) is 0 Å². The van der Waals surface area contributed by atoms with Gasteiger partial charge in [-0.15, -0.1) is 4.15 Å². The topological polar surface area (TPSA) is 72.5 Å². The standard InChI is InChI=1S/C12H12ClN2O2PS/c13-18(15-19(14,16)17,11-7-3-1-4-8-11)12-9-5-2-6-10-12/h1-10H,(H2,14,16,17). The van der Waals surface area contributed by atoms with E-state index in [1.54, 1.807) is 48.5 Å². The molecule has 0 saturated carbocycles. The molecule has 0 atom stereocenters. The summed E-state index contributed by atoms with van der Waals surface area (Å²) in [4.78, 5) is 0. The van der Waals surface area contributed by atoms with Gasteiger partial charge in [0.1, 0.15) is 6.41 Å². The first kappa shape index (κ1) is 14.3. The molecule has 2 aromatic carbocycles. The lowest BCUT2D eigenvalue weighted by atomic mass is 10.4. The van der Waals surface area contributed by atoms with E-state index in [-0.39, 0.29) is 0 Å². The lowest BCUT2D eigenvalue weighted by Crippen LogP contribution is -2.16. The summed E-state index contributed by atoms with van der Waals surface area (Å²) in [5.41, 5.74) is 0. The van der Waals surface area contributed by atoms with Gasteiger partial charge in [-0.25, -0.2) is 5.14 Å². The fourth-order valence-corrected chi connectivity index (χ4v) is 6.54. The Labute approximate surface area is 117 Å². The summed E-state index contributed by atoms with van der Waals surface area (Å²) < 4.78 is 26.4. The van der Waals surface area contributed by atoms with Gasteiger partial charge in [0.2, 0.25) is 0 Å². The van der Waals surface area contributed by atoms with Gasteiger partial charge in [0.15, 0.2) is 0 Å². The molecule has 19 heavy (non-hydrogen) atoms. The highest BCUT2D eigenvalue weighted by Gasteiger charge is 2.24. The van der Waals surface area contributed by atoms with Crippen molar-refractivity contribution in [3.8, 4) is 0 Å². The molecule has 4 nitrogen and oxygen atoms in total. The van der Waals surface area contributed by atoms with Crippen molar-refractivity contribution in [2.75, 3.05) is 0 Å². The molecule has 0 aliphatic carbocycles. The second kappa shape index (κ2) is 5.47. The molecule has 0 fully saturated rings. The third-order valence-corrected chi connectivity index (χ3v) is 7.93. The molecule has 2 N–H and O–H groups in total. The summed E-state index contributed by atoms with van der Waals surface area (Å²) in [6.45, 7) is 0. The molecule has 0 unspecified atom stereocenters. The maximum Gasteiger partial charge on any atom is 0.317 e. The van der Waals surface area contributed by atoms with E-state index in [1.807, 2.05) is 12.1 Å². The summed E-state index contributed by atoms with van der Waals surface area (Å²) in [5.74, 6) is 0. The molecule has 0 aliphatic rings. The second-order valence-electron chi connectivity index (χ2n) is 3.82. The summed E-state index contributed by atoms with van der Waals surface area (Å²) >= 11 is 6.56. The van der Waals surface area contributed by atoms with Crippen molar-refractivity contribution in [1.82, 2.24) is 0 Å². The fourth-order valence-electron chi connectivity index (χ4n) is 1.65. The van der Waals surface area contributed by atoms with Gasteiger partial charge in [-0.2, -0.15) is 8.42 Å². The van der Waals surface area contributed by atoms with Crippen molar-refractivity contribution in [2.45, 2.75) is 0 Å². The van der Waals surface area contributed by atoms with Crippen molar-refractivity contribution in [3.05, 3.63) is 60.7 Å². The normalized spacial score (nSPS) is 12.1. The molecule has 0 radical (unpaired) electrons. The van der Waals surface area contributed by atoms with Gasteiger partial charge in [-0.1, -0.05) is 71.9 Å². The van der Waals surface area contributed by atoms with Gasteiger partial charge < -0.3 is 0 Å². The quantitative estimate of drug-likeness (QED) is 0.882. The van der Waals surface area contributed by atoms with E-state index in [1.165, 1.54) is 0 Å². The highest BCUT2D eigenvalue weighted by molar-refractivity contribution is 8.07. The Kier molecular flexibility index (Phi) is 4.11. The summed E-state index contributed by atoms with van der Waals surface area (Å²) in [7, 11) is -4.04. The number of nitrogens with two attached hydrogens (primary N) is 1. The van der Waals surface area contributed by atoms with E-state index < -0.39 is 16.6 Å². The Hall–Kier alpha value is -1.13. The molecule has 0 spiro atoms. The predicted octanol–water partition coefficient (Wildman–Crippen LogP) is 2.20. The number of hydrogen-bond acceptors (Lipinski definition) is 2. The molecular weight excluding hydrogens is 303 g/mol. The van der Waals surface area contributed by atoms with Crippen LogP contribution >= 0.6 is 17.6 Å². The molecular formula is C12H12ClN2O2PS. The van der Waals surface area contributed by atoms with Crippen LogP contribution in [0.25, 0.3) is 0 Å². The van der Waals surface area contributed by atoms with E-state index >= 15 is 0 Å². The Bertz CT molecular complexity index is 674. The molecule has 0 heterocycles. The van der Waals surface area contributed by atoms with Crippen molar-refractivity contribution in [1.29, 1.82) is 0 Å². The average molecular weight is 315 g/mol. The Balaban J connectivity index is 2.76. The molecule has 2 aromatic rings. The maximum atomic E-state index is 11.3. The molecule has 0 aliphatic heterocycles. The zero-order valence-electron chi connectivity index (χ0n) is 9.85. The Morgan fingerprint density at radius 1 is 0.895 bits per heavy atom. The van der Waals surface area contributed by atoms with Gasteiger partial charge in [0, 0.05) is 10.6 Å². The predicted molar refractivity (Wildman–Crippen MR) is 80.5 cm³/mol. The highest BCUT2D eigenvalue weighted by Crippen LogP contribution is 2.53. The average Bonchev–Trinajstić information content (AvgIpc) is 2.39. The second-order valence-corrected chi connectivity index (χ2v) is 9.12. The lowest BCUT2D eigenvalue weighted by Gasteiger charge is -2.17. The van der Waals surface area contributed by atoms with Crippen LogP contribution in [0.4, 0.5) is 0 Å². The van der Waals surface area contributed by atoms with Crippen LogP contribution in [0, 0.1) is 0 Å². The maximum absolute atomic E-state index is 11.3. The largest absolute Gasteiger partial charge is 0.317 e. The minimum atomic E-state index is -4.04. The minimum Gasteiger partial charge on any atom is -0.210 e. The molecule has 0 aromatic heterocycles. The Morgan fingerprint density at radius 3 is 1.58 bits per heavy atom. The molecule has 0 amide bonds. The number of hydrogen-bond donors (Lipinski definition) is 1. The molecule has 0 saturated heterocycles. The first-order chi connectivity index (χ1) is 8.92. The van der Waals surface area contributed by atoms with Crippen LogP contribution in [0.3, 0.4) is 0 Å². The Morgan fingerprint density at radius 2 is 1.26 bits per heavy atom. The van der Waals surface area contributed by atoms with Crippen molar-refractivity contribution >= 4 is 38.5 Å². The van der Waals surface area contributed by atoms with Crippen molar-refractivity contribution in [3.63, 3.8) is 0 Å². The zero-order valence-corrected chi connectivity index (χ0v) is 12.3. The first-order valence-corrected chi connectivity index (χ1v) is 9.54. The van der Waals surface area contributed by atoms with E-state index in [0.717, 1.165) is 0 Å². The molecule has 0 bridgehead atoms. The number of benzene rings is 2. The minimum absolute atomic E-state index is 0.650.